The van der Waals surface area contributed by atoms with Crippen molar-refractivity contribution in [2.24, 2.45) is 0 Å². The molecular weight excluding hydrogens is 568 g/mol. The molecular formula is C21H18BiCl3. The van der Waals surface area contributed by atoms with E-state index in [1.54, 1.807) is 0 Å². The van der Waals surface area contributed by atoms with Crippen LogP contribution in [0.2, 0.25) is 15.1 Å². The summed E-state index contributed by atoms with van der Waals surface area (Å²) in [5.74, 6) is 0. The van der Waals surface area contributed by atoms with Crippen molar-refractivity contribution in [3.63, 3.8) is 0 Å². The summed E-state index contributed by atoms with van der Waals surface area (Å²) in [6, 6.07) is 18.7. The molecule has 0 aliphatic heterocycles. The third kappa shape index (κ3) is 3.76. The van der Waals surface area contributed by atoms with Crippen LogP contribution in [0, 0.1) is 20.8 Å². The van der Waals surface area contributed by atoms with Gasteiger partial charge in [0, 0.05) is 0 Å². The van der Waals surface area contributed by atoms with Crippen molar-refractivity contribution in [1.82, 2.24) is 0 Å². The average Bonchev–Trinajstić information content (AvgIpc) is 2.59. The first-order chi connectivity index (χ1) is 11.9. The molecule has 0 unspecified atom stereocenters. The van der Waals surface area contributed by atoms with Gasteiger partial charge in [0.2, 0.25) is 0 Å². The Balaban J connectivity index is 2.35. The van der Waals surface area contributed by atoms with Crippen LogP contribution in [-0.4, -0.2) is 21.8 Å². The summed E-state index contributed by atoms with van der Waals surface area (Å²) < 4.78 is 4.12. The molecule has 25 heavy (non-hydrogen) atoms. The van der Waals surface area contributed by atoms with Crippen LogP contribution >= 0.6 is 34.8 Å². The summed E-state index contributed by atoms with van der Waals surface area (Å²) in [4.78, 5) is 0. The SMILES string of the molecule is Cc1c(Cl)ccc[c]1[Bi]([c]1cccc(Cl)c1C)[c]1cccc(Cl)c1C. The van der Waals surface area contributed by atoms with E-state index < -0.39 is 21.8 Å². The number of rotatable bonds is 3. The topological polar surface area (TPSA) is 0 Å². The molecule has 0 nitrogen and oxygen atoms in total. The first kappa shape index (κ1) is 19.2. The number of hydrogen-bond acceptors (Lipinski definition) is 0. The molecule has 0 aliphatic carbocycles. The molecule has 0 aliphatic rings. The zero-order valence-electron chi connectivity index (χ0n) is 14.3. The fraction of sp³-hybridized carbons (Fsp3) is 0.143. The molecule has 0 spiro atoms. The van der Waals surface area contributed by atoms with Crippen molar-refractivity contribution in [2.45, 2.75) is 20.8 Å². The van der Waals surface area contributed by atoms with Crippen LogP contribution in [0.15, 0.2) is 54.6 Å². The Morgan fingerprint density at radius 1 is 0.520 bits per heavy atom. The monoisotopic (exact) mass is 584 g/mol. The van der Waals surface area contributed by atoms with Gasteiger partial charge in [-0.05, 0) is 0 Å². The number of halogens is 3. The molecule has 3 aromatic rings. The minimum absolute atomic E-state index is 0.817. The van der Waals surface area contributed by atoms with E-state index in [2.05, 4.69) is 39.0 Å². The Bertz CT molecular complexity index is 812. The number of hydrogen-bond donors (Lipinski definition) is 0. The molecule has 0 atom stereocenters. The Labute approximate surface area is 172 Å². The van der Waals surface area contributed by atoms with Gasteiger partial charge in [0.1, 0.15) is 0 Å². The molecule has 0 aromatic heterocycles. The van der Waals surface area contributed by atoms with Gasteiger partial charge in [0.25, 0.3) is 0 Å². The molecule has 0 saturated heterocycles. The standard InChI is InChI=1S/3C7H6Cl.Bi/c3*1-6-4-2-3-5-7(6)8;/h3*2-3,5H,1H3;. The van der Waals surface area contributed by atoms with Gasteiger partial charge in [0.05, 0.1) is 0 Å². The molecule has 0 fully saturated rings. The van der Waals surface area contributed by atoms with Crippen molar-refractivity contribution in [1.29, 1.82) is 0 Å². The van der Waals surface area contributed by atoms with E-state index >= 15 is 0 Å². The van der Waals surface area contributed by atoms with Crippen LogP contribution in [0.1, 0.15) is 16.7 Å². The van der Waals surface area contributed by atoms with Gasteiger partial charge in [-0.2, -0.15) is 0 Å². The van der Waals surface area contributed by atoms with E-state index in [0.717, 1.165) is 15.1 Å². The normalized spacial score (nSPS) is 11.2. The van der Waals surface area contributed by atoms with Crippen molar-refractivity contribution in [3.05, 3.63) is 86.4 Å². The fourth-order valence-electron chi connectivity index (χ4n) is 2.90. The predicted molar refractivity (Wildman–Crippen MR) is 113 cm³/mol. The van der Waals surface area contributed by atoms with Gasteiger partial charge in [-0.15, -0.1) is 0 Å². The van der Waals surface area contributed by atoms with Crippen LogP contribution in [-0.2, 0) is 0 Å². The molecule has 0 amide bonds. The zero-order valence-corrected chi connectivity index (χ0v) is 20.0. The summed E-state index contributed by atoms with van der Waals surface area (Å²) in [7, 11) is 0. The van der Waals surface area contributed by atoms with E-state index in [-0.39, 0.29) is 0 Å². The second-order valence-electron chi connectivity index (χ2n) is 5.99. The second-order valence-corrected chi connectivity index (χ2v) is 15.4. The van der Waals surface area contributed by atoms with Crippen molar-refractivity contribution >= 4 is 66.4 Å². The molecule has 3 rings (SSSR count). The van der Waals surface area contributed by atoms with Gasteiger partial charge in [0.15, 0.2) is 0 Å². The van der Waals surface area contributed by atoms with E-state index in [4.69, 9.17) is 34.8 Å². The molecule has 0 N–H and O–H groups in total. The van der Waals surface area contributed by atoms with Gasteiger partial charge >= 0.3 is 173 Å². The predicted octanol–water partition coefficient (Wildman–Crippen LogP) is 5.09. The van der Waals surface area contributed by atoms with Gasteiger partial charge in [-0.3, -0.25) is 0 Å². The molecule has 128 valence electrons. The van der Waals surface area contributed by atoms with Crippen LogP contribution < -0.4 is 9.81 Å². The van der Waals surface area contributed by atoms with Crippen molar-refractivity contribution in [3.8, 4) is 0 Å². The molecule has 0 heterocycles. The summed E-state index contributed by atoms with van der Waals surface area (Å²) in [6.45, 7) is 6.33. The zero-order chi connectivity index (χ0) is 18.1. The third-order valence-corrected chi connectivity index (χ3v) is 16.9. The quantitative estimate of drug-likeness (QED) is 0.376. The first-order valence-electron chi connectivity index (χ1n) is 7.97. The molecule has 0 radical (unpaired) electrons. The van der Waals surface area contributed by atoms with Crippen LogP contribution in [0.5, 0.6) is 0 Å². The third-order valence-electron chi connectivity index (χ3n) is 4.44. The Kier molecular flexibility index (Phi) is 6.12. The minimum atomic E-state index is -2.60. The summed E-state index contributed by atoms with van der Waals surface area (Å²) >= 11 is 16.8. The van der Waals surface area contributed by atoms with E-state index in [1.807, 2.05) is 36.4 Å². The Morgan fingerprint density at radius 3 is 1.08 bits per heavy atom. The molecule has 3 aromatic carbocycles. The molecule has 0 saturated carbocycles. The van der Waals surface area contributed by atoms with Crippen LogP contribution in [0.4, 0.5) is 0 Å². The van der Waals surface area contributed by atoms with Gasteiger partial charge < -0.3 is 0 Å². The average molecular weight is 586 g/mol. The fourth-order valence-corrected chi connectivity index (χ4v) is 15.3. The first-order valence-corrected chi connectivity index (χ1v) is 14.3. The van der Waals surface area contributed by atoms with Gasteiger partial charge in [-0.25, -0.2) is 0 Å². The molecule has 4 heteroatoms. The van der Waals surface area contributed by atoms with Crippen molar-refractivity contribution in [2.75, 3.05) is 0 Å². The van der Waals surface area contributed by atoms with Gasteiger partial charge in [-0.1, -0.05) is 0 Å². The maximum atomic E-state index is 6.46. The van der Waals surface area contributed by atoms with E-state index in [1.165, 1.54) is 26.5 Å². The summed E-state index contributed by atoms with van der Waals surface area (Å²) in [6.07, 6.45) is 0. The Hall–Kier alpha value is -0.587. The van der Waals surface area contributed by atoms with E-state index in [0.29, 0.717) is 0 Å². The van der Waals surface area contributed by atoms with Crippen LogP contribution in [0.3, 0.4) is 0 Å². The molecule has 0 bridgehead atoms. The Morgan fingerprint density at radius 2 is 0.800 bits per heavy atom. The van der Waals surface area contributed by atoms with Crippen molar-refractivity contribution < 1.29 is 0 Å². The number of benzene rings is 3. The maximum absolute atomic E-state index is 6.46. The van der Waals surface area contributed by atoms with Crippen LogP contribution in [0.25, 0.3) is 0 Å². The summed E-state index contributed by atoms with van der Waals surface area (Å²) in [5.41, 5.74) is 3.50. The second kappa shape index (κ2) is 7.97. The summed E-state index contributed by atoms with van der Waals surface area (Å²) in [5, 5.41) is 2.45. The van der Waals surface area contributed by atoms with E-state index in [9.17, 15) is 0 Å².